The fraction of sp³-hybridized carbons (Fsp3) is 0.333. The Morgan fingerprint density at radius 2 is 2.05 bits per heavy atom. The summed E-state index contributed by atoms with van der Waals surface area (Å²) in [6.45, 7) is 0.266. The molecule has 0 aliphatic carbocycles. The number of nitrogens with zero attached hydrogens (tertiary/aromatic N) is 2. The third kappa shape index (κ3) is 5.91. The van der Waals surface area contributed by atoms with Crippen molar-refractivity contribution in [3.63, 3.8) is 0 Å². The van der Waals surface area contributed by atoms with Gasteiger partial charge in [-0.2, -0.15) is 13.5 Å². The fourth-order valence-corrected chi connectivity index (χ4v) is 1.94. The highest BCUT2D eigenvalue weighted by atomic mass is 32.2. The van der Waals surface area contributed by atoms with Crippen LogP contribution in [0.3, 0.4) is 0 Å². The van der Waals surface area contributed by atoms with Crippen molar-refractivity contribution < 1.29 is 22.2 Å². The SMILES string of the molecule is C[N+](C)(C)CC(=O)N/N=C\c1cccc(S(=O)(=O)O)c1. The molecule has 0 radical (unpaired) electrons. The van der Waals surface area contributed by atoms with Gasteiger partial charge < -0.3 is 4.48 Å². The summed E-state index contributed by atoms with van der Waals surface area (Å²) in [5.41, 5.74) is 2.80. The van der Waals surface area contributed by atoms with Crippen molar-refractivity contribution >= 4 is 22.2 Å². The van der Waals surface area contributed by atoms with Crippen LogP contribution < -0.4 is 5.43 Å². The molecule has 7 nitrogen and oxygen atoms in total. The van der Waals surface area contributed by atoms with E-state index in [4.69, 9.17) is 4.55 Å². The van der Waals surface area contributed by atoms with Gasteiger partial charge in [-0.15, -0.1) is 0 Å². The topological polar surface area (TPSA) is 95.8 Å². The van der Waals surface area contributed by atoms with E-state index in [2.05, 4.69) is 10.5 Å². The van der Waals surface area contributed by atoms with Crippen LogP contribution in [0.1, 0.15) is 5.56 Å². The minimum atomic E-state index is -4.24. The van der Waals surface area contributed by atoms with Crippen molar-refractivity contribution in [1.82, 2.24) is 5.43 Å². The highest BCUT2D eigenvalue weighted by Gasteiger charge is 2.13. The third-order valence-corrected chi connectivity index (χ3v) is 3.03. The van der Waals surface area contributed by atoms with E-state index in [0.717, 1.165) is 0 Å². The quantitative estimate of drug-likeness (QED) is 0.349. The summed E-state index contributed by atoms with van der Waals surface area (Å²) in [6.07, 6.45) is 1.31. The van der Waals surface area contributed by atoms with Gasteiger partial charge in [0, 0.05) is 0 Å². The Morgan fingerprint density at radius 3 is 2.60 bits per heavy atom. The van der Waals surface area contributed by atoms with Gasteiger partial charge in [-0.25, -0.2) is 5.43 Å². The van der Waals surface area contributed by atoms with E-state index in [9.17, 15) is 13.2 Å². The molecular formula is C12H18N3O4S+. The summed E-state index contributed by atoms with van der Waals surface area (Å²) in [5.74, 6) is -0.250. The van der Waals surface area contributed by atoms with Gasteiger partial charge in [-0.3, -0.25) is 9.35 Å². The second-order valence-corrected chi connectivity index (χ2v) is 6.71. The molecule has 2 N–H and O–H groups in total. The maximum atomic E-state index is 11.5. The molecule has 0 aliphatic rings. The summed E-state index contributed by atoms with van der Waals surface area (Å²) < 4.78 is 31.3. The Balaban J connectivity index is 2.70. The van der Waals surface area contributed by atoms with Gasteiger partial charge in [-0.1, -0.05) is 12.1 Å². The molecule has 0 saturated carbocycles. The highest BCUT2D eigenvalue weighted by molar-refractivity contribution is 7.85. The van der Waals surface area contributed by atoms with E-state index < -0.39 is 10.1 Å². The Hall–Kier alpha value is -1.77. The van der Waals surface area contributed by atoms with Crippen molar-refractivity contribution in [2.45, 2.75) is 4.90 Å². The van der Waals surface area contributed by atoms with Crippen LogP contribution in [0.25, 0.3) is 0 Å². The molecule has 0 spiro atoms. The zero-order chi connectivity index (χ0) is 15.4. The Kier molecular flexibility index (Phi) is 4.98. The molecule has 0 bridgehead atoms. The van der Waals surface area contributed by atoms with E-state index in [1.165, 1.54) is 24.4 Å². The van der Waals surface area contributed by atoms with Crippen LogP contribution in [-0.2, 0) is 14.9 Å². The number of benzene rings is 1. The van der Waals surface area contributed by atoms with Gasteiger partial charge in [0.25, 0.3) is 16.0 Å². The number of carbonyl (C=O) groups is 1. The van der Waals surface area contributed by atoms with Gasteiger partial charge in [0.05, 0.1) is 32.3 Å². The average Bonchev–Trinajstić information content (AvgIpc) is 2.25. The summed E-state index contributed by atoms with van der Waals surface area (Å²) in [4.78, 5) is 11.3. The molecule has 1 aromatic rings. The number of carbonyl (C=O) groups excluding carboxylic acids is 1. The second kappa shape index (κ2) is 6.12. The van der Waals surface area contributed by atoms with Gasteiger partial charge >= 0.3 is 0 Å². The Labute approximate surface area is 118 Å². The molecule has 0 aliphatic heterocycles. The van der Waals surface area contributed by atoms with Crippen molar-refractivity contribution in [3.05, 3.63) is 29.8 Å². The predicted octanol–water partition coefficient (Wildman–Crippen LogP) is 0.0896. The summed E-state index contributed by atoms with van der Waals surface area (Å²) in [7, 11) is 1.38. The molecule has 0 atom stereocenters. The molecule has 110 valence electrons. The summed E-state index contributed by atoms with van der Waals surface area (Å²) >= 11 is 0. The number of hydrazone groups is 1. The van der Waals surface area contributed by atoms with Crippen LogP contribution in [0.2, 0.25) is 0 Å². The van der Waals surface area contributed by atoms with Crippen molar-refractivity contribution in [2.75, 3.05) is 27.7 Å². The lowest BCUT2D eigenvalue weighted by atomic mass is 10.2. The number of amides is 1. The predicted molar refractivity (Wildman–Crippen MR) is 74.9 cm³/mol. The summed E-state index contributed by atoms with van der Waals surface area (Å²) in [5, 5.41) is 3.74. The maximum Gasteiger partial charge on any atom is 0.295 e. The lowest BCUT2D eigenvalue weighted by Gasteiger charge is -2.21. The standard InChI is InChI=1S/C12H17N3O4S/c1-15(2,3)9-12(16)14-13-8-10-5-4-6-11(7-10)20(17,18)19/h4-8H,9H2,1-3H3,(H-,14,16,17,18,19)/p+1/b13-8-. The minimum absolute atomic E-state index is 0.223. The monoisotopic (exact) mass is 300 g/mol. The van der Waals surface area contributed by atoms with Crippen LogP contribution in [0, 0.1) is 0 Å². The van der Waals surface area contributed by atoms with Crippen LogP contribution in [-0.4, -0.2) is 57.3 Å². The Morgan fingerprint density at radius 1 is 1.40 bits per heavy atom. The number of quaternary nitrogens is 1. The van der Waals surface area contributed by atoms with E-state index in [-0.39, 0.29) is 17.3 Å². The van der Waals surface area contributed by atoms with Crippen LogP contribution in [0.5, 0.6) is 0 Å². The molecule has 0 unspecified atom stereocenters. The van der Waals surface area contributed by atoms with E-state index >= 15 is 0 Å². The molecule has 0 fully saturated rings. The largest absolute Gasteiger partial charge is 0.323 e. The number of rotatable bonds is 5. The zero-order valence-corrected chi connectivity index (χ0v) is 12.4. The average molecular weight is 300 g/mol. The van der Waals surface area contributed by atoms with E-state index in [1.54, 1.807) is 6.07 Å². The normalized spacial score (nSPS) is 12.6. The molecule has 0 saturated heterocycles. The molecule has 20 heavy (non-hydrogen) atoms. The number of likely N-dealkylation sites (N-methyl/N-ethyl adjacent to an activating group) is 1. The van der Waals surface area contributed by atoms with Gasteiger partial charge in [-0.05, 0) is 17.7 Å². The van der Waals surface area contributed by atoms with Crippen molar-refractivity contribution in [1.29, 1.82) is 0 Å². The molecule has 0 heterocycles. The van der Waals surface area contributed by atoms with Crippen molar-refractivity contribution in [3.8, 4) is 0 Å². The van der Waals surface area contributed by atoms with Gasteiger partial charge in [0.15, 0.2) is 6.54 Å². The Bertz CT molecular complexity index is 618. The first-order valence-electron chi connectivity index (χ1n) is 5.78. The molecule has 1 amide bonds. The van der Waals surface area contributed by atoms with Crippen molar-refractivity contribution in [2.24, 2.45) is 5.10 Å². The van der Waals surface area contributed by atoms with Crippen LogP contribution >= 0.6 is 0 Å². The van der Waals surface area contributed by atoms with Crippen LogP contribution in [0.15, 0.2) is 34.3 Å². The fourth-order valence-electron chi connectivity index (χ4n) is 1.40. The smallest absolute Gasteiger partial charge is 0.295 e. The van der Waals surface area contributed by atoms with E-state index in [0.29, 0.717) is 10.0 Å². The molecule has 1 aromatic carbocycles. The lowest BCUT2D eigenvalue weighted by molar-refractivity contribution is -0.862. The first kappa shape index (κ1) is 16.3. The maximum absolute atomic E-state index is 11.5. The van der Waals surface area contributed by atoms with Gasteiger partial charge in [0.1, 0.15) is 0 Å². The summed E-state index contributed by atoms with van der Waals surface area (Å²) in [6, 6.07) is 5.59. The molecule has 8 heteroatoms. The van der Waals surface area contributed by atoms with E-state index in [1.807, 2.05) is 21.1 Å². The molecule has 1 rings (SSSR count). The highest BCUT2D eigenvalue weighted by Crippen LogP contribution is 2.09. The second-order valence-electron chi connectivity index (χ2n) is 5.29. The molecular weight excluding hydrogens is 282 g/mol. The first-order chi connectivity index (χ1) is 9.08. The number of hydrogen-bond acceptors (Lipinski definition) is 4. The molecule has 0 aromatic heterocycles. The first-order valence-corrected chi connectivity index (χ1v) is 7.22. The van der Waals surface area contributed by atoms with Gasteiger partial charge in [0.2, 0.25) is 0 Å². The number of hydrogen-bond donors (Lipinski definition) is 2. The van der Waals surface area contributed by atoms with Crippen LogP contribution in [0.4, 0.5) is 0 Å². The third-order valence-electron chi connectivity index (χ3n) is 2.18. The zero-order valence-electron chi connectivity index (χ0n) is 11.6. The lowest BCUT2D eigenvalue weighted by Crippen LogP contribution is -2.43. The minimum Gasteiger partial charge on any atom is -0.323 e. The number of nitrogens with one attached hydrogen (secondary N) is 1.